The zero-order valence-corrected chi connectivity index (χ0v) is 20.6. The van der Waals surface area contributed by atoms with Crippen LogP contribution < -0.4 is 10.6 Å². The molecule has 1 aromatic carbocycles. The molecule has 0 radical (unpaired) electrons. The van der Waals surface area contributed by atoms with E-state index in [0.29, 0.717) is 24.2 Å². The van der Waals surface area contributed by atoms with Crippen LogP contribution >= 0.6 is 0 Å². The minimum atomic E-state index is -0.977. The third-order valence-corrected chi connectivity index (χ3v) is 6.60. The van der Waals surface area contributed by atoms with Crippen molar-refractivity contribution >= 4 is 11.5 Å². The van der Waals surface area contributed by atoms with Gasteiger partial charge in [0.2, 0.25) is 0 Å². The summed E-state index contributed by atoms with van der Waals surface area (Å²) in [5, 5.41) is 10.2. The minimum Gasteiger partial charge on any atom is -0.391 e. The number of benzene rings is 1. The molecule has 1 saturated heterocycles. The van der Waals surface area contributed by atoms with Gasteiger partial charge < -0.3 is 20.5 Å². The Labute approximate surface area is 213 Å². The van der Waals surface area contributed by atoms with E-state index in [9.17, 15) is 23.1 Å². The summed E-state index contributed by atoms with van der Waals surface area (Å²) in [7, 11) is 1.48. The number of hydrogen-bond acceptors (Lipinski definition) is 7. The van der Waals surface area contributed by atoms with Crippen LogP contribution in [0.15, 0.2) is 42.7 Å². The zero-order chi connectivity index (χ0) is 26.7. The number of carbonyl (C=O) groups is 1. The third kappa shape index (κ3) is 5.82. The Balaban J connectivity index is 1.61. The summed E-state index contributed by atoms with van der Waals surface area (Å²) in [6.45, 7) is 3.11. The van der Waals surface area contributed by atoms with Crippen LogP contribution in [0.25, 0.3) is 11.3 Å². The van der Waals surface area contributed by atoms with Gasteiger partial charge in [-0.1, -0.05) is 6.92 Å². The zero-order valence-electron chi connectivity index (χ0n) is 20.6. The van der Waals surface area contributed by atoms with Gasteiger partial charge in [0.15, 0.2) is 5.78 Å². The van der Waals surface area contributed by atoms with Gasteiger partial charge >= 0.3 is 0 Å². The fourth-order valence-electron chi connectivity index (χ4n) is 4.63. The van der Waals surface area contributed by atoms with Crippen molar-refractivity contribution in [3.8, 4) is 11.3 Å². The highest BCUT2D eigenvalue weighted by molar-refractivity contribution is 5.97. The van der Waals surface area contributed by atoms with Gasteiger partial charge in [0.05, 0.1) is 18.3 Å². The molecule has 0 saturated carbocycles. The Morgan fingerprint density at radius 3 is 2.57 bits per heavy atom. The average molecular weight is 515 g/mol. The van der Waals surface area contributed by atoms with Gasteiger partial charge in [0, 0.05) is 62.2 Å². The van der Waals surface area contributed by atoms with E-state index in [-0.39, 0.29) is 31.1 Å². The van der Waals surface area contributed by atoms with E-state index >= 15 is 0 Å². The Kier molecular flexibility index (Phi) is 8.21. The topological polar surface area (TPSA) is 102 Å². The lowest BCUT2D eigenvalue weighted by molar-refractivity contribution is 0.0784. The van der Waals surface area contributed by atoms with E-state index in [1.54, 1.807) is 18.5 Å². The maximum atomic E-state index is 14.8. The molecule has 1 aliphatic rings. The van der Waals surface area contributed by atoms with E-state index in [1.807, 2.05) is 11.8 Å². The van der Waals surface area contributed by atoms with Gasteiger partial charge in [-0.2, -0.15) is 0 Å². The molecular weight excluding hydrogens is 485 g/mol. The SMILES string of the molecule is COCCc1cc(F)c(-c2nc(C(=O)Cc3cnccc3N3C[C@@H](N)[C@H](O)[C@@H](C)C3)ccc2F)c(F)c1. The van der Waals surface area contributed by atoms with Gasteiger partial charge in [-0.3, -0.25) is 9.78 Å². The number of Topliss-reactive ketones (excluding diaryl/α,β-unsaturated/α-hetero) is 1. The molecule has 0 bridgehead atoms. The van der Waals surface area contributed by atoms with Crippen LogP contribution in [0.5, 0.6) is 0 Å². The summed E-state index contributed by atoms with van der Waals surface area (Å²) < 4.78 is 49.2. The quantitative estimate of drug-likeness (QED) is 0.445. The summed E-state index contributed by atoms with van der Waals surface area (Å²) in [6.07, 6.45) is 2.69. The van der Waals surface area contributed by atoms with Crippen molar-refractivity contribution in [3.05, 3.63) is 77.0 Å². The van der Waals surface area contributed by atoms with Gasteiger partial charge in [-0.25, -0.2) is 18.2 Å². The van der Waals surface area contributed by atoms with E-state index in [1.165, 1.54) is 13.2 Å². The fraction of sp³-hybridized carbons (Fsp3) is 0.370. The number of carbonyl (C=O) groups excluding carboxylic acids is 1. The monoisotopic (exact) mass is 514 g/mol. The molecule has 0 unspecified atom stereocenters. The number of ketones is 1. The number of hydrogen-bond donors (Lipinski definition) is 2. The highest BCUT2D eigenvalue weighted by Crippen LogP contribution is 2.30. The fourth-order valence-corrected chi connectivity index (χ4v) is 4.63. The number of pyridine rings is 2. The molecule has 1 aliphatic heterocycles. The van der Waals surface area contributed by atoms with Gasteiger partial charge in [0.25, 0.3) is 0 Å². The van der Waals surface area contributed by atoms with Crippen molar-refractivity contribution in [1.82, 2.24) is 9.97 Å². The van der Waals surface area contributed by atoms with Gasteiger partial charge in [0.1, 0.15) is 28.8 Å². The lowest BCUT2D eigenvalue weighted by atomic mass is 9.92. The minimum absolute atomic E-state index is 0.0764. The first-order chi connectivity index (χ1) is 17.7. The second-order valence-electron chi connectivity index (χ2n) is 9.35. The van der Waals surface area contributed by atoms with Gasteiger partial charge in [-0.05, 0) is 42.3 Å². The number of rotatable bonds is 8. The summed E-state index contributed by atoms with van der Waals surface area (Å²) in [4.78, 5) is 23.3. The molecule has 0 spiro atoms. The number of aromatic nitrogens is 2. The number of halogens is 3. The van der Waals surface area contributed by atoms with Crippen molar-refractivity contribution in [2.24, 2.45) is 11.7 Å². The lowest BCUT2D eigenvalue weighted by Gasteiger charge is -2.40. The highest BCUT2D eigenvalue weighted by Gasteiger charge is 2.32. The Hall–Kier alpha value is -3.34. The number of nitrogens with zero attached hydrogens (tertiary/aromatic N) is 3. The molecule has 37 heavy (non-hydrogen) atoms. The first-order valence-corrected chi connectivity index (χ1v) is 12.0. The molecule has 10 heteroatoms. The Morgan fingerprint density at radius 2 is 1.89 bits per heavy atom. The van der Waals surface area contributed by atoms with Crippen molar-refractivity contribution in [2.45, 2.75) is 31.9 Å². The predicted molar refractivity (Wildman–Crippen MR) is 133 cm³/mol. The smallest absolute Gasteiger partial charge is 0.185 e. The number of nitrogens with two attached hydrogens (primary N) is 1. The summed E-state index contributed by atoms with van der Waals surface area (Å²) in [6, 6.07) is 5.69. The first-order valence-electron chi connectivity index (χ1n) is 12.0. The maximum Gasteiger partial charge on any atom is 0.185 e. The van der Waals surface area contributed by atoms with Crippen molar-refractivity contribution in [2.75, 3.05) is 31.7 Å². The van der Waals surface area contributed by atoms with E-state index in [4.69, 9.17) is 10.5 Å². The van der Waals surface area contributed by atoms with Crippen LogP contribution in [0.4, 0.5) is 18.9 Å². The standard InChI is InChI=1S/C27H29F3N4O3/c1-15-13-34(14-21(31)27(15)36)23-5-7-32-12-17(23)11-24(35)22-4-3-18(28)26(33-22)25-19(29)9-16(6-8-37-2)10-20(25)30/h3-5,7,9-10,12,15,21,27,36H,6,8,11,13-14,31H2,1-2H3/t15-,21+,27+/m0/s1. The molecule has 0 amide bonds. The molecule has 3 aromatic rings. The molecule has 3 N–H and O–H groups in total. The number of aliphatic hydroxyl groups is 1. The third-order valence-electron chi connectivity index (χ3n) is 6.60. The van der Waals surface area contributed by atoms with Crippen LogP contribution in [0.1, 0.15) is 28.5 Å². The van der Waals surface area contributed by atoms with Crippen LogP contribution in [0.2, 0.25) is 0 Å². The average Bonchev–Trinajstić information content (AvgIpc) is 2.86. The van der Waals surface area contributed by atoms with E-state index in [2.05, 4.69) is 9.97 Å². The van der Waals surface area contributed by atoms with E-state index in [0.717, 1.165) is 23.9 Å². The first kappa shape index (κ1) is 26.7. The molecular formula is C27H29F3N4O3. The van der Waals surface area contributed by atoms with Crippen LogP contribution in [-0.2, 0) is 17.6 Å². The summed E-state index contributed by atoms with van der Waals surface area (Å²) >= 11 is 0. The second-order valence-corrected chi connectivity index (χ2v) is 9.35. The molecule has 2 aromatic heterocycles. The van der Waals surface area contributed by atoms with Crippen molar-refractivity contribution < 1.29 is 27.8 Å². The maximum absolute atomic E-state index is 14.8. The van der Waals surface area contributed by atoms with Crippen LogP contribution in [0.3, 0.4) is 0 Å². The molecule has 3 atom stereocenters. The van der Waals surface area contributed by atoms with Crippen LogP contribution in [-0.4, -0.2) is 59.8 Å². The summed E-state index contributed by atoms with van der Waals surface area (Å²) in [5.41, 5.74) is 6.45. The molecule has 3 heterocycles. The summed E-state index contributed by atoms with van der Waals surface area (Å²) in [5.74, 6) is -3.45. The predicted octanol–water partition coefficient (Wildman–Crippen LogP) is 3.32. The van der Waals surface area contributed by atoms with Crippen molar-refractivity contribution in [3.63, 3.8) is 0 Å². The second kappa shape index (κ2) is 11.4. The van der Waals surface area contributed by atoms with E-state index < -0.39 is 46.6 Å². The molecule has 196 valence electrons. The number of anilines is 1. The Morgan fingerprint density at radius 1 is 1.16 bits per heavy atom. The molecule has 4 rings (SSSR count). The van der Waals surface area contributed by atoms with Crippen molar-refractivity contribution in [1.29, 1.82) is 0 Å². The molecule has 1 fully saturated rings. The number of methoxy groups -OCH3 is 1. The largest absolute Gasteiger partial charge is 0.391 e. The molecule has 7 nitrogen and oxygen atoms in total. The number of aliphatic hydroxyl groups excluding tert-OH is 1. The molecule has 0 aliphatic carbocycles. The van der Waals surface area contributed by atoms with Crippen LogP contribution in [0, 0.1) is 23.4 Å². The highest BCUT2D eigenvalue weighted by atomic mass is 19.1. The van der Waals surface area contributed by atoms with Gasteiger partial charge in [-0.15, -0.1) is 0 Å². The number of piperidine rings is 1. The Bertz CT molecular complexity index is 1250. The lowest BCUT2D eigenvalue weighted by Crippen LogP contribution is -2.55. The normalized spacial score (nSPS) is 19.8. The number of ether oxygens (including phenoxy) is 1.